The van der Waals surface area contributed by atoms with Crippen molar-refractivity contribution in [2.45, 2.75) is 5.92 Å². The topological polar surface area (TPSA) is 61.9 Å². The third-order valence-corrected chi connectivity index (χ3v) is 4.83. The number of fused-ring (bicyclic) bond motifs is 2. The van der Waals surface area contributed by atoms with Crippen molar-refractivity contribution in [1.82, 2.24) is 19.9 Å². The molecule has 0 spiro atoms. The van der Waals surface area contributed by atoms with Crippen LogP contribution >= 0.6 is 0 Å². The smallest absolute Gasteiger partial charge is 0.256 e. The first-order valence-electron chi connectivity index (χ1n) is 8.37. The van der Waals surface area contributed by atoms with Gasteiger partial charge in [-0.2, -0.15) is 0 Å². The van der Waals surface area contributed by atoms with Gasteiger partial charge in [0, 0.05) is 24.7 Å². The molecule has 2 aromatic heterocycles. The molecular formula is C20H16N4O. The molecule has 1 N–H and O–H groups in total. The van der Waals surface area contributed by atoms with Crippen molar-refractivity contribution < 1.29 is 4.79 Å². The summed E-state index contributed by atoms with van der Waals surface area (Å²) in [4.78, 5) is 27.1. The van der Waals surface area contributed by atoms with Crippen LogP contribution in [0.3, 0.4) is 0 Å². The van der Waals surface area contributed by atoms with E-state index in [1.807, 2.05) is 59.5 Å². The van der Waals surface area contributed by atoms with Crippen molar-refractivity contribution >= 4 is 27.8 Å². The van der Waals surface area contributed by atoms with E-state index in [1.165, 1.54) is 0 Å². The van der Waals surface area contributed by atoms with Gasteiger partial charge in [0.05, 0.1) is 28.0 Å². The molecule has 5 rings (SSSR count). The van der Waals surface area contributed by atoms with E-state index in [2.05, 4.69) is 15.0 Å². The Morgan fingerprint density at radius 2 is 1.88 bits per heavy atom. The largest absolute Gasteiger partial charge is 0.342 e. The van der Waals surface area contributed by atoms with Crippen LogP contribution in [0, 0.1) is 0 Å². The van der Waals surface area contributed by atoms with E-state index in [0.29, 0.717) is 18.7 Å². The third-order valence-electron chi connectivity index (χ3n) is 4.83. The summed E-state index contributed by atoms with van der Waals surface area (Å²) in [6.07, 6.45) is 1.73. The standard InChI is InChI=1S/C20H16N4O/c25-20(15-7-3-5-13-6-4-10-21-18(13)15)24-11-14(12-24)19-22-16-8-1-2-9-17(16)23-19/h1-10,14H,11-12H2,(H,22,23). The molecule has 0 radical (unpaired) electrons. The first kappa shape index (κ1) is 14.2. The Morgan fingerprint density at radius 3 is 2.76 bits per heavy atom. The molecule has 0 atom stereocenters. The maximum absolute atomic E-state index is 12.8. The van der Waals surface area contributed by atoms with Gasteiger partial charge in [0.2, 0.25) is 0 Å². The summed E-state index contributed by atoms with van der Waals surface area (Å²) in [5.41, 5.74) is 3.45. The Morgan fingerprint density at radius 1 is 1.04 bits per heavy atom. The summed E-state index contributed by atoms with van der Waals surface area (Å²) >= 11 is 0. The van der Waals surface area contributed by atoms with Gasteiger partial charge < -0.3 is 9.88 Å². The minimum absolute atomic E-state index is 0.0386. The fourth-order valence-electron chi connectivity index (χ4n) is 3.43. The zero-order valence-electron chi connectivity index (χ0n) is 13.5. The van der Waals surface area contributed by atoms with Crippen LogP contribution in [0.1, 0.15) is 22.1 Å². The van der Waals surface area contributed by atoms with E-state index in [4.69, 9.17) is 0 Å². The first-order valence-corrected chi connectivity index (χ1v) is 8.37. The van der Waals surface area contributed by atoms with Gasteiger partial charge in [-0.15, -0.1) is 0 Å². The molecule has 1 saturated heterocycles. The van der Waals surface area contributed by atoms with Gasteiger partial charge in [-0.3, -0.25) is 9.78 Å². The SMILES string of the molecule is O=C(c1cccc2cccnc12)N1CC(c2nc3ccccc3[nH]2)C1. The molecule has 3 heterocycles. The second-order valence-corrected chi connectivity index (χ2v) is 6.43. The average molecular weight is 328 g/mol. The number of hydrogen-bond acceptors (Lipinski definition) is 3. The number of hydrogen-bond donors (Lipinski definition) is 1. The molecule has 0 bridgehead atoms. The number of H-pyrrole nitrogens is 1. The fraction of sp³-hybridized carbons (Fsp3) is 0.150. The van der Waals surface area contributed by atoms with Crippen LogP contribution in [0.25, 0.3) is 21.9 Å². The number of carbonyl (C=O) groups is 1. The number of nitrogens with zero attached hydrogens (tertiary/aromatic N) is 3. The maximum atomic E-state index is 12.8. The average Bonchev–Trinajstić information content (AvgIpc) is 3.03. The molecule has 4 aromatic rings. The van der Waals surface area contributed by atoms with Gasteiger partial charge in [0.1, 0.15) is 5.82 Å². The normalized spacial score (nSPS) is 14.8. The molecule has 122 valence electrons. The lowest BCUT2D eigenvalue weighted by Crippen LogP contribution is -2.48. The summed E-state index contributed by atoms with van der Waals surface area (Å²) in [5, 5.41) is 0.989. The van der Waals surface area contributed by atoms with Crippen LogP contribution in [0.2, 0.25) is 0 Å². The van der Waals surface area contributed by atoms with Crippen LogP contribution in [0.5, 0.6) is 0 Å². The van der Waals surface area contributed by atoms with Crippen molar-refractivity contribution in [3.8, 4) is 0 Å². The highest BCUT2D eigenvalue weighted by Crippen LogP contribution is 2.29. The zero-order valence-corrected chi connectivity index (χ0v) is 13.5. The van der Waals surface area contributed by atoms with E-state index >= 15 is 0 Å². The number of aromatic nitrogens is 3. The van der Waals surface area contributed by atoms with Gasteiger partial charge in [-0.25, -0.2) is 4.98 Å². The number of imidazole rings is 1. The highest BCUT2D eigenvalue weighted by Gasteiger charge is 2.34. The lowest BCUT2D eigenvalue weighted by Gasteiger charge is -2.38. The van der Waals surface area contributed by atoms with E-state index in [0.717, 1.165) is 27.8 Å². The van der Waals surface area contributed by atoms with Crippen molar-refractivity contribution in [2.75, 3.05) is 13.1 Å². The number of pyridine rings is 1. The number of carbonyl (C=O) groups excluding carboxylic acids is 1. The summed E-state index contributed by atoms with van der Waals surface area (Å²) < 4.78 is 0. The molecule has 5 nitrogen and oxygen atoms in total. The number of aromatic amines is 1. The maximum Gasteiger partial charge on any atom is 0.256 e. The van der Waals surface area contributed by atoms with E-state index in [-0.39, 0.29) is 11.8 Å². The molecule has 1 aliphatic rings. The summed E-state index contributed by atoms with van der Waals surface area (Å²) in [7, 11) is 0. The van der Waals surface area contributed by atoms with E-state index < -0.39 is 0 Å². The Bertz CT molecular complexity index is 1060. The molecule has 1 aliphatic heterocycles. The minimum Gasteiger partial charge on any atom is -0.342 e. The Balaban J connectivity index is 1.38. The lowest BCUT2D eigenvalue weighted by molar-refractivity contribution is 0.0597. The quantitative estimate of drug-likeness (QED) is 0.614. The number of benzene rings is 2. The molecule has 0 aliphatic carbocycles. The monoisotopic (exact) mass is 328 g/mol. The predicted octanol–water partition coefficient (Wildman–Crippen LogP) is 3.35. The number of nitrogens with one attached hydrogen (secondary N) is 1. The highest BCUT2D eigenvalue weighted by atomic mass is 16.2. The molecule has 0 saturated carbocycles. The van der Waals surface area contributed by atoms with Crippen molar-refractivity contribution in [3.63, 3.8) is 0 Å². The third kappa shape index (κ3) is 2.28. The summed E-state index contributed by atoms with van der Waals surface area (Å²) in [5.74, 6) is 1.26. The zero-order chi connectivity index (χ0) is 16.8. The van der Waals surface area contributed by atoms with Gasteiger partial charge in [-0.1, -0.05) is 30.3 Å². The van der Waals surface area contributed by atoms with Crippen molar-refractivity contribution in [2.24, 2.45) is 0 Å². The molecule has 2 aromatic carbocycles. The summed E-state index contributed by atoms with van der Waals surface area (Å²) in [6, 6.07) is 17.6. The molecule has 25 heavy (non-hydrogen) atoms. The molecule has 0 unspecified atom stereocenters. The van der Waals surface area contributed by atoms with Crippen molar-refractivity contribution in [3.05, 3.63) is 72.2 Å². The molecular weight excluding hydrogens is 312 g/mol. The number of para-hydroxylation sites is 3. The van der Waals surface area contributed by atoms with Crippen LogP contribution in [-0.2, 0) is 0 Å². The second kappa shape index (κ2) is 5.41. The predicted molar refractivity (Wildman–Crippen MR) is 96.5 cm³/mol. The Kier molecular flexibility index (Phi) is 3.06. The minimum atomic E-state index is 0.0386. The molecule has 5 heteroatoms. The van der Waals surface area contributed by atoms with Crippen molar-refractivity contribution in [1.29, 1.82) is 0 Å². The number of rotatable bonds is 2. The second-order valence-electron chi connectivity index (χ2n) is 6.43. The molecule has 1 fully saturated rings. The summed E-state index contributed by atoms with van der Waals surface area (Å²) in [6.45, 7) is 1.36. The van der Waals surface area contributed by atoms with Crippen LogP contribution in [-0.4, -0.2) is 38.8 Å². The van der Waals surface area contributed by atoms with Gasteiger partial charge in [0.25, 0.3) is 5.91 Å². The number of likely N-dealkylation sites (tertiary alicyclic amines) is 1. The Hall–Kier alpha value is -3.21. The Labute approximate surface area is 144 Å². The van der Waals surface area contributed by atoms with Crippen LogP contribution in [0.4, 0.5) is 0 Å². The first-order chi connectivity index (χ1) is 12.3. The fourth-order valence-corrected chi connectivity index (χ4v) is 3.43. The van der Waals surface area contributed by atoms with Crippen LogP contribution in [0.15, 0.2) is 60.8 Å². The van der Waals surface area contributed by atoms with Gasteiger partial charge in [0.15, 0.2) is 0 Å². The van der Waals surface area contributed by atoms with Gasteiger partial charge >= 0.3 is 0 Å². The highest BCUT2D eigenvalue weighted by molar-refractivity contribution is 6.05. The lowest BCUT2D eigenvalue weighted by atomic mass is 9.97. The van der Waals surface area contributed by atoms with E-state index in [9.17, 15) is 4.79 Å². The van der Waals surface area contributed by atoms with Crippen LogP contribution < -0.4 is 0 Å². The molecule has 1 amide bonds. The van der Waals surface area contributed by atoms with Gasteiger partial charge in [-0.05, 0) is 24.3 Å². The van der Waals surface area contributed by atoms with E-state index in [1.54, 1.807) is 6.20 Å². The number of amides is 1.